The van der Waals surface area contributed by atoms with Crippen molar-refractivity contribution in [3.8, 4) is 0 Å². The van der Waals surface area contributed by atoms with Gasteiger partial charge in [0, 0.05) is 23.7 Å². The summed E-state index contributed by atoms with van der Waals surface area (Å²) in [7, 11) is 0. The van der Waals surface area contributed by atoms with Crippen LogP contribution < -0.4 is 0 Å². The Kier molecular flexibility index (Phi) is 4.28. The molecule has 2 atom stereocenters. The highest BCUT2D eigenvalue weighted by Gasteiger charge is 2.30. The Morgan fingerprint density at radius 1 is 1.35 bits per heavy atom. The number of amides is 1. The van der Waals surface area contributed by atoms with Crippen molar-refractivity contribution < 1.29 is 9.72 Å². The van der Waals surface area contributed by atoms with E-state index in [1.54, 1.807) is 0 Å². The van der Waals surface area contributed by atoms with Crippen LogP contribution in [-0.2, 0) is 0 Å². The molecule has 0 N–H and O–H groups in total. The number of carbonyl (C=O) groups is 1. The molecule has 0 unspecified atom stereocenters. The fourth-order valence-corrected chi connectivity index (χ4v) is 3.01. The van der Waals surface area contributed by atoms with Crippen LogP contribution in [0.2, 0.25) is 5.02 Å². The maximum atomic E-state index is 12.6. The number of benzene rings is 1. The van der Waals surface area contributed by atoms with Gasteiger partial charge in [0.1, 0.15) is 5.02 Å². The molecule has 1 heterocycles. The molecule has 0 saturated carbocycles. The van der Waals surface area contributed by atoms with E-state index in [4.69, 9.17) is 11.6 Å². The SMILES string of the molecule is C[C@@H]1CCC[C@H](C)N1C(=O)c1ccc([N+](=O)[O-])c(Cl)c1. The van der Waals surface area contributed by atoms with Crippen molar-refractivity contribution in [2.24, 2.45) is 0 Å². The van der Waals surface area contributed by atoms with Crippen molar-refractivity contribution in [3.63, 3.8) is 0 Å². The summed E-state index contributed by atoms with van der Waals surface area (Å²) in [4.78, 5) is 24.6. The lowest BCUT2D eigenvalue weighted by molar-refractivity contribution is -0.384. The zero-order chi connectivity index (χ0) is 14.9. The molecule has 0 aliphatic carbocycles. The first-order chi connectivity index (χ1) is 9.41. The summed E-state index contributed by atoms with van der Waals surface area (Å²) < 4.78 is 0. The Morgan fingerprint density at radius 3 is 2.45 bits per heavy atom. The van der Waals surface area contributed by atoms with Gasteiger partial charge in [-0.3, -0.25) is 14.9 Å². The van der Waals surface area contributed by atoms with Gasteiger partial charge in [0.15, 0.2) is 0 Å². The second-order valence-electron chi connectivity index (χ2n) is 5.26. The van der Waals surface area contributed by atoms with Gasteiger partial charge in [-0.15, -0.1) is 0 Å². The minimum absolute atomic E-state index is 0.00170. The Morgan fingerprint density at radius 2 is 1.95 bits per heavy atom. The molecule has 5 nitrogen and oxygen atoms in total. The summed E-state index contributed by atoms with van der Waals surface area (Å²) in [6, 6.07) is 4.51. The number of halogens is 1. The van der Waals surface area contributed by atoms with Crippen molar-refractivity contribution in [1.29, 1.82) is 0 Å². The minimum Gasteiger partial charge on any atom is -0.333 e. The van der Waals surface area contributed by atoms with Gasteiger partial charge in [0.05, 0.1) is 4.92 Å². The average molecular weight is 297 g/mol. The third kappa shape index (κ3) is 2.77. The molecule has 20 heavy (non-hydrogen) atoms. The van der Waals surface area contributed by atoms with E-state index >= 15 is 0 Å². The van der Waals surface area contributed by atoms with Crippen LogP contribution in [-0.4, -0.2) is 27.8 Å². The number of nitrogens with zero attached hydrogens (tertiary/aromatic N) is 2. The molecule has 0 spiro atoms. The number of piperidine rings is 1. The summed E-state index contributed by atoms with van der Waals surface area (Å²) in [6.45, 7) is 4.06. The van der Waals surface area contributed by atoms with Gasteiger partial charge in [0.2, 0.25) is 0 Å². The summed E-state index contributed by atoms with van der Waals surface area (Å²) in [5, 5.41) is 10.7. The quantitative estimate of drug-likeness (QED) is 0.618. The van der Waals surface area contributed by atoms with Crippen molar-refractivity contribution in [2.45, 2.75) is 45.2 Å². The number of rotatable bonds is 2. The zero-order valence-electron chi connectivity index (χ0n) is 11.5. The predicted octanol–water partition coefficient (Wildman–Crippen LogP) is 3.65. The van der Waals surface area contributed by atoms with E-state index in [9.17, 15) is 14.9 Å². The van der Waals surface area contributed by atoms with E-state index in [0.717, 1.165) is 19.3 Å². The van der Waals surface area contributed by atoms with Gasteiger partial charge in [-0.25, -0.2) is 0 Å². The van der Waals surface area contributed by atoms with E-state index in [-0.39, 0.29) is 28.7 Å². The van der Waals surface area contributed by atoms with Crippen LogP contribution in [0.4, 0.5) is 5.69 Å². The van der Waals surface area contributed by atoms with Gasteiger partial charge >= 0.3 is 0 Å². The van der Waals surface area contributed by atoms with Crippen molar-refractivity contribution >= 4 is 23.2 Å². The molecule has 1 aliphatic rings. The fourth-order valence-electron chi connectivity index (χ4n) is 2.76. The van der Waals surface area contributed by atoms with Crippen LogP contribution in [0, 0.1) is 10.1 Å². The number of nitro groups is 1. The standard InChI is InChI=1S/C14H17ClN2O3/c1-9-4-3-5-10(2)16(9)14(18)11-6-7-13(17(19)20)12(15)8-11/h6-10H,3-5H2,1-2H3/t9-,10+. The van der Waals surface area contributed by atoms with Crippen LogP contribution in [0.1, 0.15) is 43.5 Å². The van der Waals surface area contributed by atoms with Crippen molar-refractivity contribution in [2.75, 3.05) is 0 Å². The molecule has 1 fully saturated rings. The number of carbonyl (C=O) groups excluding carboxylic acids is 1. The minimum atomic E-state index is -0.553. The first-order valence-electron chi connectivity index (χ1n) is 6.68. The molecule has 1 aromatic carbocycles. The number of hydrogen-bond acceptors (Lipinski definition) is 3. The number of nitro benzene ring substituents is 1. The third-order valence-corrected chi connectivity index (χ3v) is 4.12. The topological polar surface area (TPSA) is 63.5 Å². The van der Waals surface area contributed by atoms with Gasteiger partial charge < -0.3 is 4.90 Å². The maximum Gasteiger partial charge on any atom is 0.287 e. The first-order valence-corrected chi connectivity index (χ1v) is 7.06. The molecular formula is C14H17ClN2O3. The molecule has 2 rings (SSSR count). The highest BCUT2D eigenvalue weighted by atomic mass is 35.5. The lowest BCUT2D eigenvalue weighted by atomic mass is 9.96. The molecule has 1 amide bonds. The molecular weight excluding hydrogens is 280 g/mol. The Labute approximate surface area is 122 Å². The summed E-state index contributed by atoms with van der Waals surface area (Å²) >= 11 is 5.87. The Bertz CT molecular complexity index is 537. The Balaban J connectivity index is 2.29. The third-order valence-electron chi connectivity index (χ3n) is 3.82. The number of likely N-dealkylation sites (tertiary alicyclic amines) is 1. The summed E-state index contributed by atoms with van der Waals surface area (Å²) in [5.74, 6) is -0.110. The van der Waals surface area contributed by atoms with Gasteiger partial charge in [-0.05, 0) is 45.2 Å². The zero-order valence-corrected chi connectivity index (χ0v) is 12.3. The highest BCUT2D eigenvalue weighted by Crippen LogP contribution is 2.28. The van der Waals surface area contributed by atoms with Crippen LogP contribution in [0.3, 0.4) is 0 Å². The molecule has 0 radical (unpaired) electrons. The molecule has 108 valence electrons. The van der Waals surface area contributed by atoms with Crippen molar-refractivity contribution in [3.05, 3.63) is 38.9 Å². The van der Waals surface area contributed by atoms with Gasteiger partial charge in [-0.1, -0.05) is 11.6 Å². The number of hydrogen-bond donors (Lipinski definition) is 0. The second-order valence-corrected chi connectivity index (χ2v) is 5.67. The van der Waals surface area contributed by atoms with E-state index in [1.807, 2.05) is 18.7 Å². The van der Waals surface area contributed by atoms with Crippen LogP contribution in [0.15, 0.2) is 18.2 Å². The monoisotopic (exact) mass is 296 g/mol. The summed E-state index contributed by atoms with van der Waals surface area (Å²) in [6.07, 6.45) is 3.08. The first kappa shape index (κ1) is 14.8. The normalized spacial score (nSPS) is 22.6. The molecule has 1 aromatic rings. The lowest BCUT2D eigenvalue weighted by Gasteiger charge is -2.39. The fraction of sp³-hybridized carbons (Fsp3) is 0.500. The summed E-state index contributed by atoms with van der Waals surface area (Å²) in [5.41, 5.74) is 0.226. The molecule has 1 saturated heterocycles. The lowest BCUT2D eigenvalue weighted by Crippen LogP contribution is -2.47. The highest BCUT2D eigenvalue weighted by molar-refractivity contribution is 6.33. The Hall–Kier alpha value is -1.62. The largest absolute Gasteiger partial charge is 0.333 e. The average Bonchev–Trinajstić information content (AvgIpc) is 2.37. The molecule has 6 heteroatoms. The smallest absolute Gasteiger partial charge is 0.287 e. The molecule has 0 bridgehead atoms. The van der Waals surface area contributed by atoms with Gasteiger partial charge in [0.25, 0.3) is 11.6 Å². The van der Waals surface area contributed by atoms with Crippen molar-refractivity contribution in [1.82, 2.24) is 4.90 Å². The van der Waals surface area contributed by atoms with E-state index in [1.165, 1.54) is 18.2 Å². The second kappa shape index (κ2) is 5.79. The maximum absolute atomic E-state index is 12.6. The van der Waals surface area contributed by atoms with E-state index in [0.29, 0.717) is 5.56 Å². The van der Waals surface area contributed by atoms with E-state index < -0.39 is 4.92 Å². The van der Waals surface area contributed by atoms with Crippen LogP contribution in [0.25, 0.3) is 0 Å². The molecule has 0 aromatic heterocycles. The van der Waals surface area contributed by atoms with Gasteiger partial charge in [-0.2, -0.15) is 0 Å². The predicted molar refractivity (Wildman–Crippen MR) is 77.1 cm³/mol. The molecule has 1 aliphatic heterocycles. The van der Waals surface area contributed by atoms with Crippen LogP contribution in [0.5, 0.6) is 0 Å². The van der Waals surface area contributed by atoms with E-state index in [2.05, 4.69) is 0 Å². The van der Waals surface area contributed by atoms with Crippen LogP contribution >= 0.6 is 11.6 Å².